The van der Waals surface area contributed by atoms with Crippen LogP contribution in [0.4, 0.5) is 0 Å². The Hall–Kier alpha value is -1.95. The number of hydrogen-bond acceptors (Lipinski definition) is 6. The molecule has 0 aliphatic rings. The number of carbonyl (C=O) groups is 1. The Balaban J connectivity index is 3.24. The summed E-state index contributed by atoms with van der Waals surface area (Å²) in [5, 5.41) is 9.96. The highest BCUT2D eigenvalue weighted by atomic mass is 16.5. The van der Waals surface area contributed by atoms with Gasteiger partial charge in [-0.1, -0.05) is 0 Å². The van der Waals surface area contributed by atoms with E-state index < -0.39 is 12.1 Å². The molecule has 0 saturated heterocycles. The summed E-state index contributed by atoms with van der Waals surface area (Å²) in [4.78, 5) is 11.6. The van der Waals surface area contributed by atoms with Gasteiger partial charge in [-0.2, -0.15) is 0 Å². The molecule has 0 bridgehead atoms. The quantitative estimate of drug-likeness (QED) is 0.786. The SMILES string of the molecule is CCOC(=O)C(O)c1ccc(OC)c(OC)c1OC. The Morgan fingerprint density at radius 3 is 2.26 bits per heavy atom. The van der Waals surface area contributed by atoms with E-state index in [2.05, 4.69) is 0 Å². The van der Waals surface area contributed by atoms with Crippen LogP contribution >= 0.6 is 0 Å². The maximum atomic E-state index is 11.6. The normalized spacial score (nSPS) is 11.6. The zero-order valence-electron chi connectivity index (χ0n) is 11.4. The number of ether oxygens (including phenoxy) is 4. The van der Waals surface area contributed by atoms with E-state index in [0.29, 0.717) is 11.5 Å². The van der Waals surface area contributed by atoms with Crippen molar-refractivity contribution in [3.8, 4) is 17.2 Å². The number of rotatable bonds is 6. The van der Waals surface area contributed by atoms with E-state index >= 15 is 0 Å². The van der Waals surface area contributed by atoms with E-state index in [1.807, 2.05) is 0 Å². The summed E-state index contributed by atoms with van der Waals surface area (Å²) in [6.07, 6.45) is -1.44. The van der Waals surface area contributed by atoms with Crippen molar-refractivity contribution in [1.29, 1.82) is 0 Å². The molecule has 0 aliphatic heterocycles. The number of carbonyl (C=O) groups excluding carboxylic acids is 1. The zero-order valence-corrected chi connectivity index (χ0v) is 11.4. The van der Waals surface area contributed by atoms with Gasteiger partial charge in [0, 0.05) is 5.56 Å². The van der Waals surface area contributed by atoms with Crippen LogP contribution in [-0.4, -0.2) is 39.0 Å². The predicted molar refractivity (Wildman–Crippen MR) is 67.7 cm³/mol. The van der Waals surface area contributed by atoms with Gasteiger partial charge in [-0.15, -0.1) is 0 Å². The van der Waals surface area contributed by atoms with Gasteiger partial charge in [0.2, 0.25) is 5.75 Å². The average Bonchev–Trinajstić information content (AvgIpc) is 2.44. The first-order chi connectivity index (χ1) is 9.10. The van der Waals surface area contributed by atoms with E-state index in [0.717, 1.165) is 0 Å². The summed E-state index contributed by atoms with van der Waals surface area (Å²) in [6, 6.07) is 3.11. The molecule has 106 valence electrons. The molecule has 19 heavy (non-hydrogen) atoms. The van der Waals surface area contributed by atoms with Gasteiger partial charge in [0.05, 0.1) is 27.9 Å². The molecule has 1 unspecified atom stereocenters. The lowest BCUT2D eigenvalue weighted by molar-refractivity contribution is -0.153. The van der Waals surface area contributed by atoms with Crippen molar-refractivity contribution in [1.82, 2.24) is 0 Å². The summed E-state index contributed by atoms with van der Waals surface area (Å²) < 4.78 is 20.3. The number of hydrogen-bond donors (Lipinski definition) is 1. The first-order valence-electron chi connectivity index (χ1n) is 5.74. The minimum Gasteiger partial charge on any atom is -0.493 e. The smallest absolute Gasteiger partial charge is 0.339 e. The Kier molecular flexibility index (Phi) is 5.44. The summed E-state index contributed by atoms with van der Waals surface area (Å²) in [5.74, 6) is 0.250. The third-order valence-corrected chi connectivity index (χ3v) is 2.54. The molecule has 0 fully saturated rings. The maximum absolute atomic E-state index is 11.6. The molecule has 1 N–H and O–H groups in total. The summed E-state index contributed by atoms with van der Waals surface area (Å²) in [6.45, 7) is 1.85. The van der Waals surface area contributed by atoms with Gasteiger partial charge in [0.1, 0.15) is 0 Å². The predicted octanol–water partition coefficient (Wildman–Crippen LogP) is 1.31. The van der Waals surface area contributed by atoms with Crippen molar-refractivity contribution < 1.29 is 28.8 Å². The van der Waals surface area contributed by atoms with Gasteiger partial charge in [-0.3, -0.25) is 0 Å². The van der Waals surface area contributed by atoms with Gasteiger partial charge < -0.3 is 24.1 Å². The van der Waals surface area contributed by atoms with Crippen molar-refractivity contribution in [3.63, 3.8) is 0 Å². The van der Waals surface area contributed by atoms with Crippen molar-refractivity contribution in [2.45, 2.75) is 13.0 Å². The highest BCUT2D eigenvalue weighted by Crippen LogP contribution is 2.42. The van der Waals surface area contributed by atoms with Crippen LogP contribution in [0, 0.1) is 0 Å². The largest absolute Gasteiger partial charge is 0.493 e. The number of aliphatic hydroxyl groups excluding tert-OH is 1. The van der Waals surface area contributed by atoms with Crippen LogP contribution in [0.5, 0.6) is 17.2 Å². The van der Waals surface area contributed by atoms with Crippen molar-refractivity contribution >= 4 is 5.97 Å². The van der Waals surface area contributed by atoms with Crippen LogP contribution in [0.25, 0.3) is 0 Å². The van der Waals surface area contributed by atoms with Crippen molar-refractivity contribution in [2.75, 3.05) is 27.9 Å². The molecule has 0 heterocycles. The molecule has 6 heteroatoms. The fourth-order valence-electron chi connectivity index (χ4n) is 1.69. The van der Waals surface area contributed by atoms with Gasteiger partial charge in [0.25, 0.3) is 0 Å². The topological polar surface area (TPSA) is 74.2 Å². The minimum atomic E-state index is -1.44. The third-order valence-electron chi connectivity index (χ3n) is 2.54. The van der Waals surface area contributed by atoms with Gasteiger partial charge in [-0.25, -0.2) is 4.79 Å². The Labute approximate surface area is 111 Å². The minimum absolute atomic E-state index is 0.186. The summed E-state index contributed by atoms with van der Waals surface area (Å²) in [7, 11) is 4.35. The highest BCUT2D eigenvalue weighted by Gasteiger charge is 2.26. The zero-order chi connectivity index (χ0) is 14.4. The van der Waals surface area contributed by atoms with E-state index in [9.17, 15) is 9.90 Å². The number of benzene rings is 1. The van der Waals surface area contributed by atoms with Crippen molar-refractivity contribution in [3.05, 3.63) is 17.7 Å². The molecule has 1 rings (SSSR count). The van der Waals surface area contributed by atoms with Gasteiger partial charge in [-0.05, 0) is 19.1 Å². The molecule has 1 aromatic rings. The van der Waals surface area contributed by atoms with E-state index in [4.69, 9.17) is 18.9 Å². The molecule has 1 aromatic carbocycles. The molecular weight excluding hydrogens is 252 g/mol. The fourth-order valence-corrected chi connectivity index (χ4v) is 1.69. The van der Waals surface area contributed by atoms with Gasteiger partial charge in [0.15, 0.2) is 17.6 Å². The standard InChI is InChI=1S/C13H18O6/c1-5-19-13(15)10(14)8-6-7-9(16-2)12(18-4)11(8)17-3/h6-7,10,14H,5H2,1-4H3. The van der Waals surface area contributed by atoms with Crippen LogP contribution in [-0.2, 0) is 9.53 Å². The summed E-state index contributed by atoms with van der Waals surface area (Å²) >= 11 is 0. The van der Waals surface area contributed by atoms with Gasteiger partial charge >= 0.3 is 5.97 Å². The maximum Gasteiger partial charge on any atom is 0.339 e. The van der Waals surface area contributed by atoms with Crippen LogP contribution in [0.1, 0.15) is 18.6 Å². The molecule has 0 aliphatic carbocycles. The average molecular weight is 270 g/mol. The first-order valence-corrected chi connectivity index (χ1v) is 5.74. The van der Waals surface area contributed by atoms with Crippen LogP contribution < -0.4 is 14.2 Å². The van der Waals surface area contributed by atoms with Crippen LogP contribution in [0.15, 0.2) is 12.1 Å². The fraction of sp³-hybridized carbons (Fsp3) is 0.462. The third kappa shape index (κ3) is 3.08. The summed E-state index contributed by atoms with van der Waals surface area (Å²) in [5.41, 5.74) is 0.263. The Morgan fingerprint density at radius 2 is 1.79 bits per heavy atom. The van der Waals surface area contributed by atoms with Crippen molar-refractivity contribution in [2.24, 2.45) is 0 Å². The molecule has 1 atom stereocenters. The lowest BCUT2D eigenvalue weighted by Gasteiger charge is -2.18. The lowest BCUT2D eigenvalue weighted by atomic mass is 10.1. The Bertz CT molecular complexity index is 443. The molecule has 0 saturated carbocycles. The van der Waals surface area contributed by atoms with Crippen LogP contribution in [0.2, 0.25) is 0 Å². The Morgan fingerprint density at radius 1 is 1.16 bits per heavy atom. The second-order valence-corrected chi connectivity index (χ2v) is 3.58. The lowest BCUT2D eigenvalue weighted by Crippen LogP contribution is -2.16. The first kappa shape index (κ1) is 15.1. The number of esters is 1. The monoisotopic (exact) mass is 270 g/mol. The molecule has 0 amide bonds. The van der Waals surface area contributed by atoms with E-state index in [-0.39, 0.29) is 17.9 Å². The second kappa shape index (κ2) is 6.84. The second-order valence-electron chi connectivity index (χ2n) is 3.58. The number of methoxy groups -OCH3 is 3. The van der Waals surface area contributed by atoms with E-state index in [1.54, 1.807) is 13.0 Å². The molecule has 6 nitrogen and oxygen atoms in total. The molecule has 0 aromatic heterocycles. The molecule has 0 spiro atoms. The van der Waals surface area contributed by atoms with E-state index in [1.165, 1.54) is 27.4 Å². The molecular formula is C13H18O6. The molecule has 0 radical (unpaired) electrons. The van der Waals surface area contributed by atoms with Crippen LogP contribution in [0.3, 0.4) is 0 Å². The number of aliphatic hydroxyl groups is 1. The highest BCUT2D eigenvalue weighted by molar-refractivity contribution is 5.78.